The smallest absolute Gasteiger partial charge is 0.0544 e. The van der Waals surface area contributed by atoms with Crippen molar-refractivity contribution in [2.24, 2.45) is 0 Å². The quantitative estimate of drug-likeness (QED) is 0.0347. The van der Waals surface area contributed by atoms with Crippen LogP contribution in [0.5, 0.6) is 0 Å². The van der Waals surface area contributed by atoms with Gasteiger partial charge in [-0.1, -0.05) is 393 Å². The van der Waals surface area contributed by atoms with E-state index in [9.17, 15) is 0 Å². The van der Waals surface area contributed by atoms with Crippen LogP contribution in [0.15, 0.2) is 243 Å². The molecule has 0 saturated carbocycles. The Kier molecular flexibility index (Phi) is 29.9. The summed E-state index contributed by atoms with van der Waals surface area (Å²) in [6, 6.07) is 97.5. The number of rotatable bonds is 46. The Balaban J connectivity index is 0.907. The van der Waals surface area contributed by atoms with Crippen molar-refractivity contribution in [3.05, 3.63) is 293 Å². The number of hydrogen-bond acceptors (Lipinski definition) is 1. The van der Waals surface area contributed by atoms with E-state index in [1.165, 1.54) is 350 Å². The van der Waals surface area contributed by atoms with Crippen LogP contribution in [0.3, 0.4) is 0 Å². The average Bonchev–Trinajstić information content (AvgIpc) is 1.54. The molecule has 12 aromatic carbocycles. The first-order chi connectivity index (χ1) is 62.2. The van der Waals surface area contributed by atoms with Gasteiger partial charge in [-0.3, -0.25) is 0 Å². The summed E-state index contributed by atoms with van der Waals surface area (Å²) >= 11 is 0. The summed E-state index contributed by atoms with van der Waals surface area (Å²) in [5, 5.41) is 5.37. The predicted octanol–water partition coefficient (Wildman–Crippen LogP) is 38.0. The standard InChI is InChI=1S/C124H149N3/c1-12-18-24-30-34-46-76-123(77-47-35-31-25-19-13-2)113-80-91(8)58-72-104(113)107-87-112-110-82-95(93-52-44-39-45-53-93)61-75-118(110)127(121(112)89-116(107)123)119-85-96(54-40-28-22-16-5)106(83-98(119)55-41-29-23-17-6)97-59-73-105-108-86-111-109-81-94(92-50-42-38-43-51-92)60-74-117(109)126(120(111)88-115(108)124(114(105)84-97,78-48-36-32-26-20-14-3)79-49-37-33-27-21-15-4)103-70-68-102(69-71-103)125(100-64-56-90(7)57-65-100)101-66-62-99(63-67-101)122(9,10)11/h38-39,42-45,50-53,56-75,80-89H,12-37,40-41,46-49,54-55,76-79H2,1-11H3. The van der Waals surface area contributed by atoms with Crippen LogP contribution in [-0.4, -0.2) is 9.13 Å². The summed E-state index contributed by atoms with van der Waals surface area (Å²) < 4.78 is 5.50. The van der Waals surface area contributed by atoms with Crippen molar-refractivity contribution >= 4 is 60.7 Å². The Hall–Kier alpha value is -9.96. The van der Waals surface area contributed by atoms with E-state index in [0.29, 0.717) is 0 Å². The molecule has 0 amide bonds. The van der Waals surface area contributed by atoms with Gasteiger partial charge in [0.05, 0.1) is 22.1 Å². The summed E-state index contributed by atoms with van der Waals surface area (Å²) in [6.45, 7) is 25.7. The Labute approximate surface area is 765 Å². The summed E-state index contributed by atoms with van der Waals surface area (Å²) in [7, 11) is 0. The van der Waals surface area contributed by atoms with E-state index in [4.69, 9.17) is 0 Å². The van der Waals surface area contributed by atoms with Gasteiger partial charge in [0.25, 0.3) is 0 Å². The molecule has 0 unspecified atom stereocenters. The van der Waals surface area contributed by atoms with Crippen molar-refractivity contribution < 1.29 is 0 Å². The minimum atomic E-state index is -0.203. The Morgan fingerprint density at radius 1 is 0.260 bits per heavy atom. The second-order valence-electron chi connectivity index (χ2n) is 40.0. The zero-order valence-corrected chi connectivity index (χ0v) is 79.8. The van der Waals surface area contributed by atoms with E-state index in [1.54, 1.807) is 22.3 Å². The minimum Gasteiger partial charge on any atom is -0.311 e. The summed E-state index contributed by atoms with van der Waals surface area (Å²) in [6.07, 6.45) is 47.4. The number of unbranched alkanes of at least 4 members (excludes halogenated alkanes) is 26. The Bertz CT molecular complexity index is 5940. The number of anilines is 3. The molecule has 0 N–H and O–H groups in total. The largest absolute Gasteiger partial charge is 0.311 e. The molecule has 0 fully saturated rings. The minimum absolute atomic E-state index is 0.0478. The van der Waals surface area contributed by atoms with Crippen molar-refractivity contribution in [3.63, 3.8) is 0 Å². The molecular formula is C124H149N3. The molecule has 660 valence electrons. The number of hydrogen-bond donors (Lipinski definition) is 0. The highest BCUT2D eigenvalue weighted by Gasteiger charge is 2.46. The van der Waals surface area contributed by atoms with Crippen LogP contribution in [0.4, 0.5) is 17.1 Å². The second kappa shape index (κ2) is 42.1. The fourth-order valence-corrected chi connectivity index (χ4v) is 22.7. The van der Waals surface area contributed by atoms with E-state index in [1.807, 2.05) is 0 Å². The lowest BCUT2D eigenvalue weighted by molar-refractivity contribution is 0.398. The van der Waals surface area contributed by atoms with Gasteiger partial charge in [-0.2, -0.15) is 0 Å². The van der Waals surface area contributed by atoms with Gasteiger partial charge in [0, 0.05) is 60.8 Å². The maximum atomic E-state index is 2.85. The molecule has 0 bridgehead atoms. The Morgan fingerprint density at radius 3 is 1.09 bits per heavy atom. The van der Waals surface area contributed by atoms with Gasteiger partial charge in [0.2, 0.25) is 0 Å². The average molecular weight is 1680 g/mol. The van der Waals surface area contributed by atoms with Crippen LogP contribution in [0.1, 0.15) is 344 Å². The van der Waals surface area contributed by atoms with Crippen molar-refractivity contribution in [3.8, 4) is 67.0 Å². The molecule has 0 spiro atoms. The first-order valence-corrected chi connectivity index (χ1v) is 51.1. The zero-order chi connectivity index (χ0) is 87.9. The van der Waals surface area contributed by atoms with Crippen LogP contribution in [0.2, 0.25) is 0 Å². The van der Waals surface area contributed by atoms with Crippen LogP contribution in [0, 0.1) is 13.8 Å². The molecular weight excluding hydrogens is 1530 g/mol. The lowest BCUT2D eigenvalue weighted by atomic mass is 9.70. The third-order valence-corrected chi connectivity index (χ3v) is 29.8. The number of benzene rings is 12. The van der Waals surface area contributed by atoms with Crippen molar-refractivity contribution in [1.82, 2.24) is 9.13 Å². The van der Waals surface area contributed by atoms with Crippen LogP contribution in [-0.2, 0) is 29.1 Å². The van der Waals surface area contributed by atoms with E-state index >= 15 is 0 Å². The molecule has 2 aliphatic carbocycles. The van der Waals surface area contributed by atoms with Gasteiger partial charge >= 0.3 is 0 Å². The zero-order valence-electron chi connectivity index (χ0n) is 79.8. The number of aryl methyl sites for hydroxylation is 4. The normalized spacial score (nSPS) is 13.2. The first-order valence-electron chi connectivity index (χ1n) is 51.1. The Morgan fingerprint density at radius 2 is 0.630 bits per heavy atom. The molecule has 0 saturated heterocycles. The molecule has 16 rings (SSSR count). The fourth-order valence-electron chi connectivity index (χ4n) is 22.7. The van der Waals surface area contributed by atoms with E-state index in [0.717, 1.165) is 49.2 Å². The molecule has 2 aromatic heterocycles. The van der Waals surface area contributed by atoms with Gasteiger partial charge in [0.15, 0.2) is 0 Å². The van der Waals surface area contributed by atoms with Gasteiger partial charge in [-0.05, 0) is 280 Å². The summed E-state index contributed by atoms with van der Waals surface area (Å²) in [5.41, 5.74) is 38.1. The maximum absolute atomic E-state index is 2.85. The monoisotopic (exact) mass is 1680 g/mol. The first kappa shape index (κ1) is 90.4. The molecule has 2 aliphatic rings. The molecule has 0 atom stereocenters. The van der Waals surface area contributed by atoms with Crippen LogP contribution in [0.25, 0.3) is 111 Å². The highest BCUT2D eigenvalue weighted by molar-refractivity contribution is 6.14. The third kappa shape index (κ3) is 19.5. The number of nitrogens with zero attached hydrogens (tertiary/aromatic N) is 3. The second-order valence-corrected chi connectivity index (χ2v) is 40.0. The highest BCUT2D eigenvalue weighted by Crippen LogP contribution is 2.60. The van der Waals surface area contributed by atoms with Gasteiger partial charge in [-0.25, -0.2) is 0 Å². The SMILES string of the molecule is CCCCCCCCC1(CCCCCCCC)c2cc(-c3cc(CCCCCC)c(-n4c5ccc(-c6ccccc6)cc5c5cc6c(cc54)C(CCCCCCCC)(CCCCCCCC)c4cc(C)ccc4-6)cc3CCCCCC)ccc2-c2cc3c4cc(-c5ccccc5)ccc4n(-c4ccc(N(c5ccc(C)cc5)c5ccc(C(C)(C)C)cc5)cc4)c3cc21. The molecule has 2 heterocycles. The molecule has 127 heavy (non-hydrogen) atoms. The lowest BCUT2D eigenvalue weighted by Gasteiger charge is -2.33. The summed E-state index contributed by atoms with van der Waals surface area (Å²) in [5.74, 6) is 0. The number of aromatic nitrogens is 2. The van der Waals surface area contributed by atoms with Gasteiger partial charge in [-0.15, -0.1) is 0 Å². The maximum Gasteiger partial charge on any atom is 0.0544 e. The van der Waals surface area contributed by atoms with Gasteiger partial charge < -0.3 is 14.0 Å². The fraction of sp³-hybridized carbons (Fsp3) is 0.419. The van der Waals surface area contributed by atoms with Crippen LogP contribution < -0.4 is 4.90 Å². The van der Waals surface area contributed by atoms with Crippen LogP contribution >= 0.6 is 0 Å². The lowest BCUT2D eigenvalue weighted by Crippen LogP contribution is -2.26. The summed E-state index contributed by atoms with van der Waals surface area (Å²) in [4.78, 5) is 2.44. The molecule has 14 aromatic rings. The van der Waals surface area contributed by atoms with Crippen molar-refractivity contribution in [1.29, 1.82) is 0 Å². The van der Waals surface area contributed by atoms with Crippen molar-refractivity contribution in [2.75, 3.05) is 4.90 Å². The van der Waals surface area contributed by atoms with E-state index in [2.05, 4.69) is 333 Å². The molecule has 0 aliphatic heterocycles. The van der Waals surface area contributed by atoms with Gasteiger partial charge in [0.1, 0.15) is 0 Å². The molecule has 0 radical (unpaired) electrons. The van der Waals surface area contributed by atoms with E-state index < -0.39 is 0 Å². The number of fused-ring (bicyclic) bond motifs is 12. The molecule has 3 heteroatoms. The topological polar surface area (TPSA) is 13.1 Å². The predicted molar refractivity (Wildman–Crippen MR) is 554 cm³/mol. The van der Waals surface area contributed by atoms with E-state index in [-0.39, 0.29) is 16.2 Å². The molecule has 3 nitrogen and oxygen atoms in total. The highest BCUT2D eigenvalue weighted by atomic mass is 15.1. The van der Waals surface area contributed by atoms with Crippen molar-refractivity contribution in [2.45, 2.75) is 336 Å². The third-order valence-electron chi connectivity index (χ3n) is 29.8.